The van der Waals surface area contributed by atoms with Crippen molar-refractivity contribution in [1.82, 2.24) is 25.1 Å². The van der Waals surface area contributed by atoms with Crippen LogP contribution in [0, 0.1) is 12.7 Å². The van der Waals surface area contributed by atoms with Gasteiger partial charge in [0.25, 0.3) is 11.6 Å². The van der Waals surface area contributed by atoms with Crippen molar-refractivity contribution >= 4 is 22.7 Å². The maximum absolute atomic E-state index is 14.3. The van der Waals surface area contributed by atoms with Crippen molar-refractivity contribution in [2.75, 3.05) is 5.32 Å². The van der Waals surface area contributed by atoms with Gasteiger partial charge in [0.05, 0.1) is 40.4 Å². The van der Waals surface area contributed by atoms with Crippen LogP contribution in [0.2, 0.25) is 0 Å². The molecule has 0 spiro atoms. The standard InChI is InChI=1S/C22H15FN6O2/c1-13-20-17(12-19(27-22(20)31-28-13)16-4-2-3-5-18(16)23)21(30)26-14-6-8-15(9-7-14)29-24-10-11-25-29/h2-12H,1H3,(H,26,30). The summed E-state index contributed by atoms with van der Waals surface area (Å²) in [5, 5.41) is 15.4. The number of anilines is 1. The smallest absolute Gasteiger partial charge is 0.259 e. The molecule has 0 saturated carbocycles. The van der Waals surface area contributed by atoms with Crippen LogP contribution >= 0.6 is 0 Å². The highest BCUT2D eigenvalue weighted by Gasteiger charge is 2.20. The number of nitrogens with zero attached hydrogens (tertiary/aromatic N) is 5. The molecule has 0 saturated heterocycles. The van der Waals surface area contributed by atoms with E-state index in [-0.39, 0.29) is 22.9 Å². The van der Waals surface area contributed by atoms with Crippen LogP contribution in [0.4, 0.5) is 10.1 Å². The minimum Gasteiger partial charge on any atom is -0.335 e. The van der Waals surface area contributed by atoms with Crippen molar-refractivity contribution in [3.05, 3.63) is 84.1 Å². The number of hydrogen-bond donors (Lipinski definition) is 1. The maximum Gasteiger partial charge on any atom is 0.259 e. The maximum atomic E-state index is 14.3. The lowest BCUT2D eigenvalue weighted by Crippen LogP contribution is -2.13. The first kappa shape index (κ1) is 18.6. The summed E-state index contributed by atoms with van der Waals surface area (Å²) >= 11 is 0. The quantitative estimate of drug-likeness (QED) is 0.474. The second-order valence-corrected chi connectivity index (χ2v) is 6.80. The van der Waals surface area contributed by atoms with Gasteiger partial charge in [0.15, 0.2) is 0 Å². The average Bonchev–Trinajstić information content (AvgIpc) is 3.44. The van der Waals surface area contributed by atoms with E-state index >= 15 is 0 Å². The molecule has 31 heavy (non-hydrogen) atoms. The number of benzene rings is 2. The zero-order valence-electron chi connectivity index (χ0n) is 16.3. The van der Waals surface area contributed by atoms with Crippen LogP contribution in [0.1, 0.15) is 16.1 Å². The molecule has 0 bridgehead atoms. The van der Waals surface area contributed by atoms with E-state index in [4.69, 9.17) is 4.52 Å². The lowest BCUT2D eigenvalue weighted by atomic mass is 10.0. The number of rotatable bonds is 4. The molecule has 0 aliphatic rings. The van der Waals surface area contributed by atoms with Crippen molar-refractivity contribution in [2.45, 2.75) is 6.92 Å². The van der Waals surface area contributed by atoms with E-state index in [1.165, 1.54) is 10.9 Å². The van der Waals surface area contributed by atoms with Crippen molar-refractivity contribution in [1.29, 1.82) is 0 Å². The number of amides is 1. The van der Waals surface area contributed by atoms with E-state index in [2.05, 4.69) is 25.7 Å². The van der Waals surface area contributed by atoms with Gasteiger partial charge >= 0.3 is 0 Å². The van der Waals surface area contributed by atoms with Crippen LogP contribution in [0.3, 0.4) is 0 Å². The molecule has 3 heterocycles. The van der Waals surface area contributed by atoms with Gasteiger partial charge in [0.2, 0.25) is 0 Å². The number of aromatic nitrogens is 5. The molecular weight excluding hydrogens is 399 g/mol. The Labute approximate surface area is 175 Å². The Morgan fingerprint density at radius 2 is 1.81 bits per heavy atom. The predicted molar refractivity (Wildman–Crippen MR) is 111 cm³/mol. The number of halogens is 1. The molecule has 5 rings (SSSR count). The van der Waals surface area contributed by atoms with Gasteiger partial charge in [-0.15, -0.1) is 0 Å². The molecule has 1 N–H and O–H groups in total. The average molecular weight is 414 g/mol. The van der Waals surface area contributed by atoms with E-state index in [0.29, 0.717) is 22.3 Å². The fourth-order valence-electron chi connectivity index (χ4n) is 3.31. The van der Waals surface area contributed by atoms with Gasteiger partial charge in [-0.05, 0) is 49.4 Å². The summed E-state index contributed by atoms with van der Waals surface area (Å²) in [6, 6.07) is 14.8. The molecule has 0 aliphatic heterocycles. The normalized spacial score (nSPS) is 11.0. The Balaban J connectivity index is 1.52. The first-order valence-electron chi connectivity index (χ1n) is 9.40. The van der Waals surface area contributed by atoms with Crippen LogP contribution < -0.4 is 5.32 Å². The second kappa shape index (κ2) is 7.45. The minimum absolute atomic E-state index is 0.170. The fourth-order valence-corrected chi connectivity index (χ4v) is 3.31. The largest absolute Gasteiger partial charge is 0.335 e. The van der Waals surface area contributed by atoms with E-state index in [1.54, 1.807) is 67.8 Å². The van der Waals surface area contributed by atoms with E-state index < -0.39 is 5.82 Å². The van der Waals surface area contributed by atoms with E-state index in [9.17, 15) is 9.18 Å². The van der Waals surface area contributed by atoms with Crippen molar-refractivity contribution in [3.8, 4) is 16.9 Å². The summed E-state index contributed by atoms with van der Waals surface area (Å²) in [5.41, 5.74) is 2.87. The zero-order valence-corrected chi connectivity index (χ0v) is 16.3. The van der Waals surface area contributed by atoms with Gasteiger partial charge in [-0.1, -0.05) is 17.3 Å². The highest BCUT2D eigenvalue weighted by molar-refractivity contribution is 6.13. The Bertz CT molecular complexity index is 1390. The molecule has 0 aliphatic carbocycles. The van der Waals surface area contributed by atoms with Gasteiger partial charge in [-0.3, -0.25) is 4.79 Å². The molecule has 3 aromatic heterocycles. The SMILES string of the molecule is Cc1noc2nc(-c3ccccc3F)cc(C(=O)Nc3ccc(-n4nccn4)cc3)c12. The van der Waals surface area contributed by atoms with Crippen LogP contribution in [0.5, 0.6) is 0 Å². The number of nitrogens with one attached hydrogen (secondary N) is 1. The first-order valence-corrected chi connectivity index (χ1v) is 9.40. The summed E-state index contributed by atoms with van der Waals surface area (Å²) < 4.78 is 19.6. The van der Waals surface area contributed by atoms with Crippen molar-refractivity contribution < 1.29 is 13.7 Å². The first-order chi connectivity index (χ1) is 15.1. The lowest BCUT2D eigenvalue weighted by molar-refractivity contribution is 0.102. The molecule has 1 amide bonds. The Kier molecular flexibility index (Phi) is 4.47. The Morgan fingerprint density at radius 3 is 2.55 bits per heavy atom. The summed E-state index contributed by atoms with van der Waals surface area (Å²) in [6.45, 7) is 1.72. The van der Waals surface area contributed by atoms with Crippen LogP contribution in [0.15, 0.2) is 71.5 Å². The van der Waals surface area contributed by atoms with Crippen LogP contribution in [0.25, 0.3) is 28.0 Å². The third kappa shape index (κ3) is 3.42. The molecule has 0 radical (unpaired) electrons. The van der Waals surface area contributed by atoms with Gasteiger partial charge < -0.3 is 9.84 Å². The third-order valence-electron chi connectivity index (χ3n) is 4.79. The molecule has 5 aromatic rings. The molecule has 2 aromatic carbocycles. The number of carbonyl (C=O) groups is 1. The number of pyridine rings is 1. The number of carbonyl (C=O) groups excluding carboxylic acids is 1. The van der Waals surface area contributed by atoms with Gasteiger partial charge in [-0.25, -0.2) is 9.37 Å². The summed E-state index contributed by atoms with van der Waals surface area (Å²) in [7, 11) is 0. The van der Waals surface area contributed by atoms with Crippen molar-refractivity contribution in [3.63, 3.8) is 0 Å². The second-order valence-electron chi connectivity index (χ2n) is 6.80. The Morgan fingerprint density at radius 1 is 1.06 bits per heavy atom. The summed E-state index contributed by atoms with van der Waals surface area (Å²) in [6.07, 6.45) is 3.16. The summed E-state index contributed by atoms with van der Waals surface area (Å²) in [4.78, 5) is 19.0. The minimum atomic E-state index is -0.445. The predicted octanol–water partition coefficient (Wildman–Crippen LogP) is 4.17. The Hall–Kier alpha value is -4.40. The molecule has 152 valence electrons. The topological polar surface area (TPSA) is 98.7 Å². The van der Waals surface area contributed by atoms with Crippen molar-refractivity contribution in [2.24, 2.45) is 0 Å². The molecule has 8 nitrogen and oxygen atoms in total. The molecule has 9 heteroatoms. The van der Waals surface area contributed by atoms with E-state index in [1.807, 2.05) is 0 Å². The van der Waals surface area contributed by atoms with Crippen LogP contribution in [-0.4, -0.2) is 31.0 Å². The number of fused-ring (bicyclic) bond motifs is 1. The summed E-state index contributed by atoms with van der Waals surface area (Å²) in [5.74, 6) is -0.832. The highest BCUT2D eigenvalue weighted by Crippen LogP contribution is 2.29. The van der Waals surface area contributed by atoms with Gasteiger partial charge in [-0.2, -0.15) is 15.0 Å². The lowest BCUT2D eigenvalue weighted by Gasteiger charge is -2.09. The number of aryl methyl sites for hydroxylation is 1. The zero-order chi connectivity index (χ0) is 21.4. The molecule has 0 fully saturated rings. The van der Waals surface area contributed by atoms with E-state index in [0.717, 1.165) is 5.69 Å². The van der Waals surface area contributed by atoms with Gasteiger partial charge in [0.1, 0.15) is 5.82 Å². The molecule has 0 atom stereocenters. The highest BCUT2D eigenvalue weighted by atomic mass is 19.1. The van der Waals surface area contributed by atoms with Crippen LogP contribution in [-0.2, 0) is 0 Å². The molecule has 0 unspecified atom stereocenters. The van der Waals surface area contributed by atoms with Gasteiger partial charge in [0, 0.05) is 11.3 Å². The fraction of sp³-hybridized carbons (Fsp3) is 0.0455. The molecular formula is C22H15FN6O2. The number of hydrogen-bond acceptors (Lipinski definition) is 6. The third-order valence-corrected chi connectivity index (χ3v) is 4.79. The monoisotopic (exact) mass is 414 g/mol.